The van der Waals surface area contributed by atoms with E-state index in [0.29, 0.717) is 12.5 Å². The van der Waals surface area contributed by atoms with Crippen molar-refractivity contribution in [2.24, 2.45) is 0 Å². The number of nitrogen functional groups attached to an aromatic ring is 1. The van der Waals surface area contributed by atoms with Crippen LogP contribution in [0.15, 0.2) is 0 Å². The molecule has 1 aromatic heterocycles. The number of hydrogen-bond donors (Lipinski definition) is 3. The van der Waals surface area contributed by atoms with Crippen LogP contribution in [0.5, 0.6) is 0 Å². The van der Waals surface area contributed by atoms with Crippen LogP contribution in [-0.4, -0.2) is 33.2 Å². The average molecular weight is 267 g/mol. The third-order valence-electron chi connectivity index (χ3n) is 2.85. The van der Waals surface area contributed by atoms with E-state index in [4.69, 9.17) is 10.8 Å². The normalized spacial score (nSPS) is 10.6. The van der Waals surface area contributed by atoms with E-state index in [1.165, 1.54) is 32.1 Å². The van der Waals surface area contributed by atoms with Crippen LogP contribution in [0, 0.1) is 0 Å². The van der Waals surface area contributed by atoms with Crippen molar-refractivity contribution in [3.8, 4) is 0 Å². The monoisotopic (exact) mass is 267 g/mol. The zero-order chi connectivity index (χ0) is 13.9. The Bertz CT molecular complexity index is 359. The summed E-state index contributed by atoms with van der Waals surface area (Å²) in [5.41, 5.74) is 5.64. The molecule has 0 saturated carbocycles. The molecule has 0 aliphatic heterocycles. The molecule has 1 rings (SSSR count). The quantitative estimate of drug-likeness (QED) is 0.559. The van der Waals surface area contributed by atoms with Crippen LogP contribution in [0.3, 0.4) is 0 Å². The smallest absolute Gasteiger partial charge is 0.227 e. The Morgan fingerprint density at radius 3 is 2.53 bits per heavy atom. The van der Waals surface area contributed by atoms with Crippen molar-refractivity contribution in [3.63, 3.8) is 0 Å². The lowest BCUT2D eigenvalue weighted by Gasteiger charge is -2.06. The van der Waals surface area contributed by atoms with Gasteiger partial charge < -0.3 is 16.2 Å². The van der Waals surface area contributed by atoms with Gasteiger partial charge in [0.1, 0.15) is 5.82 Å². The van der Waals surface area contributed by atoms with Crippen LogP contribution < -0.4 is 11.1 Å². The molecule has 0 aromatic carbocycles. The summed E-state index contributed by atoms with van der Waals surface area (Å²) in [5, 5.41) is 11.6. The number of rotatable bonds is 10. The van der Waals surface area contributed by atoms with Crippen molar-refractivity contribution < 1.29 is 5.11 Å². The summed E-state index contributed by atoms with van der Waals surface area (Å²) in [6.07, 6.45) is 8.26. The SMILES string of the molecule is CCCCCCCCc1nc(N)nc(NCCO)n1. The first-order valence-electron chi connectivity index (χ1n) is 7.11. The molecule has 1 aromatic rings. The molecule has 0 aliphatic carbocycles. The highest BCUT2D eigenvalue weighted by Gasteiger charge is 2.03. The van der Waals surface area contributed by atoms with Crippen molar-refractivity contribution in [1.82, 2.24) is 15.0 Å². The second-order valence-corrected chi connectivity index (χ2v) is 4.60. The lowest BCUT2D eigenvalue weighted by Crippen LogP contribution is -2.12. The highest BCUT2D eigenvalue weighted by molar-refractivity contribution is 5.30. The van der Waals surface area contributed by atoms with Gasteiger partial charge >= 0.3 is 0 Å². The van der Waals surface area contributed by atoms with Crippen molar-refractivity contribution in [2.75, 3.05) is 24.2 Å². The molecule has 6 heteroatoms. The fraction of sp³-hybridized carbons (Fsp3) is 0.769. The van der Waals surface area contributed by atoms with Gasteiger partial charge in [0.2, 0.25) is 11.9 Å². The van der Waals surface area contributed by atoms with Crippen molar-refractivity contribution in [2.45, 2.75) is 51.9 Å². The first-order valence-corrected chi connectivity index (χ1v) is 7.11. The van der Waals surface area contributed by atoms with Gasteiger partial charge in [-0.25, -0.2) is 0 Å². The Labute approximate surface area is 114 Å². The number of nitrogens with zero attached hydrogens (tertiary/aromatic N) is 3. The van der Waals surface area contributed by atoms with Crippen molar-refractivity contribution in [3.05, 3.63) is 5.82 Å². The molecule has 4 N–H and O–H groups in total. The zero-order valence-corrected chi connectivity index (χ0v) is 11.7. The summed E-state index contributed by atoms with van der Waals surface area (Å²) in [6.45, 7) is 2.67. The van der Waals surface area contributed by atoms with Gasteiger partial charge in [-0.05, 0) is 6.42 Å². The second-order valence-electron chi connectivity index (χ2n) is 4.60. The molecule has 0 bridgehead atoms. The Morgan fingerprint density at radius 1 is 1.05 bits per heavy atom. The van der Waals surface area contributed by atoms with Crippen LogP contribution in [0.4, 0.5) is 11.9 Å². The average Bonchev–Trinajstić information content (AvgIpc) is 2.40. The minimum Gasteiger partial charge on any atom is -0.395 e. The van der Waals surface area contributed by atoms with Gasteiger partial charge in [-0.3, -0.25) is 0 Å². The lowest BCUT2D eigenvalue weighted by molar-refractivity contribution is 0.310. The molecule has 1 heterocycles. The standard InChI is InChI=1S/C13H25N5O/c1-2-3-4-5-6-7-8-11-16-12(14)18-13(17-11)15-9-10-19/h19H,2-10H2,1H3,(H3,14,15,16,17,18). The third-order valence-corrected chi connectivity index (χ3v) is 2.85. The first kappa shape index (κ1) is 15.6. The minimum absolute atomic E-state index is 0.0400. The van der Waals surface area contributed by atoms with Crippen LogP contribution >= 0.6 is 0 Å². The molecule has 0 amide bonds. The van der Waals surface area contributed by atoms with Crippen LogP contribution in [0.2, 0.25) is 0 Å². The predicted molar refractivity (Wildman–Crippen MR) is 76.9 cm³/mol. The maximum absolute atomic E-state index is 8.75. The minimum atomic E-state index is 0.0400. The highest BCUT2D eigenvalue weighted by Crippen LogP contribution is 2.09. The Balaban J connectivity index is 2.34. The van der Waals surface area contributed by atoms with E-state index in [9.17, 15) is 0 Å². The summed E-state index contributed by atoms with van der Waals surface area (Å²) in [6, 6.07) is 0. The molecule has 6 nitrogen and oxygen atoms in total. The van der Waals surface area contributed by atoms with Gasteiger partial charge in [0.05, 0.1) is 6.61 Å². The third kappa shape index (κ3) is 6.91. The Kier molecular flexibility index (Phi) is 7.81. The van der Waals surface area contributed by atoms with Crippen molar-refractivity contribution in [1.29, 1.82) is 0 Å². The van der Waals surface area contributed by atoms with Crippen LogP contribution in [0.25, 0.3) is 0 Å². The molecule has 0 saturated heterocycles. The van der Waals surface area contributed by atoms with Gasteiger partial charge in [-0.2, -0.15) is 15.0 Å². The van der Waals surface area contributed by atoms with E-state index >= 15 is 0 Å². The number of aliphatic hydroxyl groups is 1. The van der Waals surface area contributed by atoms with E-state index in [2.05, 4.69) is 27.2 Å². The molecule has 0 fully saturated rings. The van der Waals surface area contributed by atoms with E-state index in [1.807, 2.05) is 0 Å². The number of nitrogens with two attached hydrogens (primary N) is 1. The van der Waals surface area contributed by atoms with E-state index in [1.54, 1.807) is 0 Å². The van der Waals surface area contributed by atoms with Crippen LogP contribution in [-0.2, 0) is 6.42 Å². The van der Waals surface area contributed by atoms with Gasteiger partial charge in [-0.1, -0.05) is 39.0 Å². The number of aliphatic hydroxyl groups excluding tert-OH is 1. The van der Waals surface area contributed by atoms with E-state index < -0.39 is 0 Å². The van der Waals surface area contributed by atoms with E-state index in [-0.39, 0.29) is 12.6 Å². The second kappa shape index (κ2) is 9.49. The number of hydrogen-bond acceptors (Lipinski definition) is 6. The zero-order valence-electron chi connectivity index (χ0n) is 11.7. The predicted octanol–water partition coefficient (Wildman–Crippen LogP) is 1.76. The summed E-state index contributed by atoms with van der Waals surface area (Å²) in [7, 11) is 0. The summed E-state index contributed by atoms with van der Waals surface area (Å²) in [4.78, 5) is 12.4. The molecular formula is C13H25N5O. The maximum atomic E-state index is 8.75. The molecule has 19 heavy (non-hydrogen) atoms. The van der Waals surface area contributed by atoms with Gasteiger partial charge in [0.15, 0.2) is 0 Å². The number of aryl methyl sites for hydroxylation is 1. The van der Waals surface area contributed by atoms with E-state index in [0.717, 1.165) is 18.7 Å². The van der Waals surface area contributed by atoms with Gasteiger partial charge in [-0.15, -0.1) is 0 Å². The molecule has 0 spiro atoms. The molecule has 0 unspecified atom stereocenters. The number of unbranched alkanes of at least 4 members (excludes halogenated alkanes) is 5. The number of anilines is 2. The summed E-state index contributed by atoms with van der Waals surface area (Å²) in [5.74, 6) is 1.40. The van der Waals surface area contributed by atoms with Crippen LogP contribution in [0.1, 0.15) is 51.3 Å². The summed E-state index contributed by atoms with van der Waals surface area (Å²) < 4.78 is 0. The molecular weight excluding hydrogens is 242 g/mol. The van der Waals surface area contributed by atoms with Gasteiger partial charge in [0.25, 0.3) is 0 Å². The molecule has 108 valence electrons. The Morgan fingerprint density at radius 2 is 1.79 bits per heavy atom. The summed E-state index contributed by atoms with van der Waals surface area (Å²) >= 11 is 0. The first-order chi connectivity index (χ1) is 9.26. The van der Waals surface area contributed by atoms with Crippen molar-refractivity contribution >= 4 is 11.9 Å². The molecule has 0 aliphatic rings. The van der Waals surface area contributed by atoms with Gasteiger partial charge in [0, 0.05) is 13.0 Å². The molecule has 0 radical (unpaired) electrons. The highest BCUT2D eigenvalue weighted by atomic mass is 16.3. The lowest BCUT2D eigenvalue weighted by atomic mass is 10.1. The Hall–Kier alpha value is -1.43. The maximum Gasteiger partial charge on any atom is 0.227 e. The fourth-order valence-corrected chi connectivity index (χ4v) is 1.86. The largest absolute Gasteiger partial charge is 0.395 e. The topological polar surface area (TPSA) is 97.0 Å². The fourth-order valence-electron chi connectivity index (χ4n) is 1.86. The molecule has 0 atom stereocenters. The number of nitrogens with one attached hydrogen (secondary N) is 1. The number of aromatic nitrogens is 3.